The Hall–Kier alpha value is -5.68. The molecule has 0 radical (unpaired) electrons. The third kappa shape index (κ3) is 4.53. The molecule has 1 aliphatic heterocycles. The van der Waals surface area contributed by atoms with E-state index < -0.39 is 5.60 Å². The van der Waals surface area contributed by atoms with E-state index in [-0.39, 0.29) is 11.2 Å². The Morgan fingerprint density at radius 1 is 0.660 bits per heavy atom. The minimum atomic E-state index is -0.967. The van der Waals surface area contributed by atoms with E-state index >= 15 is 0 Å². The van der Waals surface area contributed by atoms with E-state index in [1.165, 1.54) is 27.8 Å². The molecule has 250 valence electrons. The largest absolute Gasteiger partial charge is 0.504 e. The lowest BCUT2D eigenvalue weighted by molar-refractivity contribution is 0.163. The number of phenols is 1. The monoisotopic (exact) mass is 660 g/mol. The summed E-state index contributed by atoms with van der Waals surface area (Å²) in [6.45, 7) is 4.57. The average molecular weight is 661 g/mol. The predicted molar refractivity (Wildman–Crippen MR) is 201 cm³/mol. The van der Waals surface area contributed by atoms with Gasteiger partial charge in [-0.2, -0.15) is 0 Å². The molecule has 1 aliphatic carbocycles. The standard InChI is InChI=1S/C45H40O5/c1-6-44(7-2)38-25-29(28-11-9-8-10-12-28)13-22-34(38)41-36-26-39(46)40(49-5)27-37(36)43-35(42(41)44)23-24-45(50-43,30-14-18-32(47-3)19-15-30)31-16-20-33(48-4)21-17-31/h8-27,46H,6-7H2,1-5H3. The Labute approximate surface area is 293 Å². The molecule has 0 spiro atoms. The highest BCUT2D eigenvalue weighted by atomic mass is 16.5. The van der Waals surface area contributed by atoms with Gasteiger partial charge >= 0.3 is 0 Å². The zero-order chi connectivity index (χ0) is 34.6. The fourth-order valence-electron chi connectivity index (χ4n) is 8.34. The van der Waals surface area contributed by atoms with Gasteiger partial charge in [-0.05, 0) is 100 Å². The molecule has 2 aliphatic rings. The van der Waals surface area contributed by atoms with Crippen LogP contribution in [0.3, 0.4) is 0 Å². The van der Waals surface area contributed by atoms with Crippen molar-refractivity contribution in [2.45, 2.75) is 37.7 Å². The van der Waals surface area contributed by atoms with E-state index in [1.54, 1.807) is 21.3 Å². The summed E-state index contributed by atoms with van der Waals surface area (Å²) in [5, 5.41) is 13.1. The molecule has 1 N–H and O–H groups in total. The van der Waals surface area contributed by atoms with E-state index in [9.17, 15) is 5.11 Å². The van der Waals surface area contributed by atoms with Crippen LogP contribution in [0.25, 0.3) is 39.1 Å². The van der Waals surface area contributed by atoms with Gasteiger partial charge in [-0.3, -0.25) is 0 Å². The molecule has 0 aromatic heterocycles. The van der Waals surface area contributed by atoms with Crippen LogP contribution in [0, 0.1) is 0 Å². The van der Waals surface area contributed by atoms with Crippen molar-refractivity contribution in [3.05, 3.63) is 143 Å². The van der Waals surface area contributed by atoms with Crippen molar-refractivity contribution in [3.63, 3.8) is 0 Å². The van der Waals surface area contributed by atoms with Crippen LogP contribution < -0.4 is 18.9 Å². The molecule has 0 saturated carbocycles. The minimum Gasteiger partial charge on any atom is -0.504 e. The molecule has 0 bridgehead atoms. The molecule has 0 atom stereocenters. The van der Waals surface area contributed by atoms with Gasteiger partial charge in [0, 0.05) is 27.5 Å². The van der Waals surface area contributed by atoms with Gasteiger partial charge in [-0.25, -0.2) is 0 Å². The third-order valence-corrected chi connectivity index (χ3v) is 11.0. The molecule has 6 aromatic carbocycles. The topological polar surface area (TPSA) is 57.2 Å². The molecular weight excluding hydrogens is 620 g/mol. The van der Waals surface area contributed by atoms with Crippen LogP contribution in [-0.2, 0) is 11.0 Å². The summed E-state index contributed by atoms with van der Waals surface area (Å²) in [4.78, 5) is 0. The zero-order valence-corrected chi connectivity index (χ0v) is 29.0. The highest BCUT2D eigenvalue weighted by Crippen LogP contribution is 2.61. The van der Waals surface area contributed by atoms with Crippen LogP contribution in [0.5, 0.6) is 28.7 Å². The number of hydrogen-bond donors (Lipinski definition) is 1. The number of aromatic hydroxyl groups is 1. The number of methoxy groups -OCH3 is 3. The molecule has 6 aromatic rings. The highest BCUT2D eigenvalue weighted by molar-refractivity contribution is 6.10. The lowest BCUT2D eigenvalue weighted by atomic mass is 9.70. The van der Waals surface area contributed by atoms with Crippen LogP contribution in [0.1, 0.15) is 54.5 Å². The van der Waals surface area contributed by atoms with E-state index in [0.717, 1.165) is 63.1 Å². The summed E-state index contributed by atoms with van der Waals surface area (Å²) in [6, 6.07) is 37.3. The Morgan fingerprint density at radius 2 is 1.30 bits per heavy atom. The van der Waals surface area contributed by atoms with Gasteiger partial charge in [0.05, 0.1) is 21.3 Å². The second-order valence-corrected chi connectivity index (χ2v) is 13.1. The van der Waals surface area contributed by atoms with Gasteiger partial charge in [0.1, 0.15) is 17.2 Å². The number of benzene rings is 6. The number of hydrogen-bond acceptors (Lipinski definition) is 5. The molecular formula is C45H40O5. The van der Waals surface area contributed by atoms with E-state index in [4.69, 9.17) is 18.9 Å². The number of rotatable bonds is 8. The Kier molecular flexibility index (Phi) is 7.60. The van der Waals surface area contributed by atoms with Gasteiger partial charge in [0.2, 0.25) is 0 Å². The van der Waals surface area contributed by atoms with Crippen LogP contribution in [0.15, 0.2) is 115 Å². The first-order chi connectivity index (χ1) is 24.4. The first-order valence-electron chi connectivity index (χ1n) is 17.2. The van der Waals surface area contributed by atoms with Crippen LogP contribution >= 0.6 is 0 Å². The summed E-state index contributed by atoms with van der Waals surface area (Å²) >= 11 is 0. The molecule has 0 amide bonds. The average Bonchev–Trinajstić information content (AvgIpc) is 3.48. The normalized spacial score (nSPS) is 14.7. The van der Waals surface area contributed by atoms with Gasteiger partial charge in [-0.15, -0.1) is 0 Å². The fourth-order valence-corrected chi connectivity index (χ4v) is 8.34. The van der Waals surface area contributed by atoms with Crippen molar-refractivity contribution in [2.24, 2.45) is 0 Å². The maximum absolute atomic E-state index is 11.3. The quantitative estimate of drug-likeness (QED) is 0.176. The van der Waals surface area contributed by atoms with Gasteiger partial charge in [0.15, 0.2) is 17.1 Å². The van der Waals surface area contributed by atoms with Gasteiger partial charge in [-0.1, -0.05) is 86.7 Å². The fraction of sp³-hybridized carbons (Fsp3) is 0.200. The molecule has 0 saturated heterocycles. The molecule has 5 nitrogen and oxygen atoms in total. The van der Waals surface area contributed by atoms with Crippen molar-refractivity contribution >= 4 is 16.8 Å². The minimum absolute atomic E-state index is 0.0954. The highest BCUT2D eigenvalue weighted by Gasteiger charge is 2.47. The summed E-state index contributed by atoms with van der Waals surface area (Å²) in [6.07, 6.45) is 6.25. The summed E-state index contributed by atoms with van der Waals surface area (Å²) in [5.74, 6) is 2.79. The van der Waals surface area contributed by atoms with Gasteiger partial charge in [0.25, 0.3) is 0 Å². The van der Waals surface area contributed by atoms with Crippen LogP contribution in [0.4, 0.5) is 0 Å². The molecule has 50 heavy (non-hydrogen) atoms. The third-order valence-electron chi connectivity index (χ3n) is 11.0. The lowest BCUT2D eigenvalue weighted by Gasteiger charge is -2.39. The second kappa shape index (κ2) is 12.0. The summed E-state index contributed by atoms with van der Waals surface area (Å²) in [5.41, 5.74) is 8.98. The van der Waals surface area contributed by atoms with Crippen LogP contribution in [0.2, 0.25) is 0 Å². The van der Waals surface area contributed by atoms with Crippen molar-refractivity contribution < 1.29 is 24.1 Å². The smallest absolute Gasteiger partial charge is 0.178 e. The molecule has 8 rings (SSSR count). The molecule has 1 heterocycles. The Morgan fingerprint density at radius 3 is 1.88 bits per heavy atom. The van der Waals surface area contributed by atoms with Gasteiger partial charge < -0.3 is 24.1 Å². The summed E-state index contributed by atoms with van der Waals surface area (Å²) in [7, 11) is 4.93. The molecule has 0 unspecified atom stereocenters. The van der Waals surface area contributed by atoms with Crippen molar-refractivity contribution in [1.29, 1.82) is 0 Å². The van der Waals surface area contributed by atoms with E-state index in [1.807, 2.05) is 36.4 Å². The van der Waals surface area contributed by atoms with Crippen molar-refractivity contribution in [2.75, 3.05) is 21.3 Å². The van der Waals surface area contributed by atoms with E-state index in [0.29, 0.717) is 5.75 Å². The number of fused-ring (bicyclic) bond motifs is 8. The molecule has 0 fully saturated rings. The Balaban J connectivity index is 1.44. The Bertz CT molecular complexity index is 2220. The molecule has 5 heteroatoms. The van der Waals surface area contributed by atoms with Crippen LogP contribution in [-0.4, -0.2) is 26.4 Å². The maximum Gasteiger partial charge on any atom is 0.178 e. The summed E-state index contributed by atoms with van der Waals surface area (Å²) < 4.78 is 24.2. The first-order valence-corrected chi connectivity index (χ1v) is 17.2. The number of ether oxygens (including phenoxy) is 4. The van der Waals surface area contributed by atoms with Crippen molar-refractivity contribution in [3.8, 4) is 51.0 Å². The SMILES string of the molecule is CCC1(CC)c2cc(-c3ccccc3)ccc2-c2c1c1c(c3cc(OC)c(O)cc23)OC(c2ccc(OC)cc2)(c2ccc(OC)cc2)C=C1. The van der Waals surface area contributed by atoms with E-state index in [2.05, 4.69) is 98.8 Å². The zero-order valence-electron chi connectivity index (χ0n) is 29.0. The maximum atomic E-state index is 11.3. The predicted octanol–water partition coefficient (Wildman–Crippen LogP) is 10.7. The lowest BCUT2D eigenvalue weighted by Crippen LogP contribution is -2.35. The first kappa shape index (κ1) is 31.6. The van der Waals surface area contributed by atoms with Crippen molar-refractivity contribution in [1.82, 2.24) is 0 Å². The number of phenolic OH excluding ortho intramolecular Hbond substituents is 1. The second-order valence-electron chi connectivity index (χ2n) is 13.1.